The van der Waals surface area contributed by atoms with Gasteiger partial charge in [0.15, 0.2) is 0 Å². The summed E-state index contributed by atoms with van der Waals surface area (Å²) < 4.78 is 2.09. The van der Waals surface area contributed by atoms with Crippen molar-refractivity contribution in [1.82, 2.24) is 20.1 Å². The van der Waals surface area contributed by atoms with Gasteiger partial charge in [0.2, 0.25) is 0 Å². The maximum atomic E-state index is 4.15. The van der Waals surface area contributed by atoms with E-state index in [2.05, 4.69) is 40.9 Å². The smallest absolute Gasteiger partial charge is 0.146 e. The fraction of sp³-hybridized carbons (Fsp3) is 0.833. The summed E-state index contributed by atoms with van der Waals surface area (Å²) in [4.78, 5) is 0. The number of nitrogens with one attached hydrogen (secondary N) is 1. The zero-order valence-corrected chi connectivity index (χ0v) is 10.5. The van der Waals surface area contributed by atoms with Crippen LogP contribution in [0.1, 0.15) is 45.9 Å². The third kappa shape index (κ3) is 2.26. The quantitative estimate of drug-likeness (QED) is 0.847. The summed E-state index contributed by atoms with van der Waals surface area (Å²) in [6, 6.07) is 0.620. The second-order valence-corrected chi connectivity index (χ2v) is 5.35. The largest absolute Gasteiger partial charge is 0.317 e. The van der Waals surface area contributed by atoms with E-state index in [4.69, 9.17) is 0 Å². The highest BCUT2D eigenvalue weighted by Crippen LogP contribution is 2.37. The molecule has 0 aliphatic heterocycles. The van der Waals surface area contributed by atoms with Crippen LogP contribution in [-0.4, -0.2) is 20.8 Å². The summed E-state index contributed by atoms with van der Waals surface area (Å²) in [5, 5.41) is 11.7. The summed E-state index contributed by atoms with van der Waals surface area (Å²) >= 11 is 0. The van der Waals surface area contributed by atoms with Crippen molar-refractivity contribution in [3.63, 3.8) is 0 Å². The van der Waals surface area contributed by atoms with Crippen molar-refractivity contribution < 1.29 is 0 Å². The molecule has 4 heteroatoms. The molecule has 1 atom stereocenters. The number of aryl methyl sites for hydroxylation is 1. The van der Waals surface area contributed by atoms with Gasteiger partial charge in [0.1, 0.15) is 12.2 Å². The maximum Gasteiger partial charge on any atom is 0.146 e. The second kappa shape index (κ2) is 4.53. The molecule has 0 saturated heterocycles. The molecule has 1 N–H and O–H groups in total. The van der Waals surface area contributed by atoms with Crippen LogP contribution in [0.25, 0.3) is 0 Å². The molecular formula is C12H22N4. The van der Waals surface area contributed by atoms with Crippen molar-refractivity contribution in [3.8, 4) is 0 Å². The minimum absolute atomic E-state index is 0.428. The maximum absolute atomic E-state index is 4.15. The van der Waals surface area contributed by atoms with Crippen LogP contribution in [0.2, 0.25) is 0 Å². The Morgan fingerprint density at radius 1 is 1.56 bits per heavy atom. The van der Waals surface area contributed by atoms with Gasteiger partial charge in [-0.25, -0.2) is 0 Å². The van der Waals surface area contributed by atoms with E-state index < -0.39 is 0 Å². The summed E-state index contributed by atoms with van der Waals surface area (Å²) in [5.41, 5.74) is 0.428. The zero-order valence-electron chi connectivity index (χ0n) is 10.5. The molecule has 0 spiro atoms. The lowest BCUT2D eigenvalue weighted by molar-refractivity contribution is 0.280. The summed E-state index contributed by atoms with van der Waals surface area (Å²) in [7, 11) is 0. The molecule has 16 heavy (non-hydrogen) atoms. The van der Waals surface area contributed by atoms with Crippen molar-refractivity contribution >= 4 is 0 Å². The minimum atomic E-state index is 0.428. The van der Waals surface area contributed by atoms with E-state index in [1.165, 1.54) is 19.3 Å². The van der Waals surface area contributed by atoms with Crippen molar-refractivity contribution in [2.24, 2.45) is 5.41 Å². The molecule has 2 rings (SSSR count). The predicted molar refractivity (Wildman–Crippen MR) is 64.0 cm³/mol. The molecule has 0 bridgehead atoms. The molecule has 1 aromatic rings. The number of nitrogens with zero attached hydrogens (tertiary/aromatic N) is 3. The van der Waals surface area contributed by atoms with Gasteiger partial charge in [-0.1, -0.05) is 20.3 Å². The van der Waals surface area contributed by atoms with E-state index in [1.54, 1.807) is 6.33 Å². The van der Waals surface area contributed by atoms with Gasteiger partial charge in [-0.3, -0.25) is 0 Å². The Balaban J connectivity index is 1.92. The average Bonchev–Trinajstić information content (AvgIpc) is 2.81. The Labute approximate surface area is 97.5 Å². The third-order valence-corrected chi connectivity index (χ3v) is 3.80. The third-order valence-electron chi connectivity index (χ3n) is 3.80. The molecule has 4 nitrogen and oxygen atoms in total. The molecule has 1 aromatic heterocycles. The molecule has 90 valence electrons. The first kappa shape index (κ1) is 11.6. The minimum Gasteiger partial charge on any atom is -0.317 e. The fourth-order valence-corrected chi connectivity index (χ4v) is 2.60. The Hall–Kier alpha value is -0.900. The Morgan fingerprint density at radius 2 is 2.38 bits per heavy atom. The fourth-order valence-electron chi connectivity index (χ4n) is 2.60. The van der Waals surface area contributed by atoms with Gasteiger partial charge in [0.25, 0.3) is 0 Å². The molecule has 1 fully saturated rings. The summed E-state index contributed by atoms with van der Waals surface area (Å²) in [6.07, 6.45) is 5.75. The van der Waals surface area contributed by atoms with E-state index in [0.717, 1.165) is 18.9 Å². The van der Waals surface area contributed by atoms with Gasteiger partial charge in [0.05, 0.1) is 6.54 Å². The molecule has 1 unspecified atom stereocenters. The standard InChI is InChI=1S/C12H22N4/c1-4-16-9-14-15-11(16)8-13-10-6-5-7-12(10,2)3/h9-10,13H,4-8H2,1-3H3. The van der Waals surface area contributed by atoms with Crippen LogP contribution in [-0.2, 0) is 13.1 Å². The zero-order chi connectivity index (χ0) is 11.6. The van der Waals surface area contributed by atoms with E-state index >= 15 is 0 Å². The first-order chi connectivity index (χ1) is 7.63. The van der Waals surface area contributed by atoms with Gasteiger partial charge in [-0.2, -0.15) is 0 Å². The topological polar surface area (TPSA) is 42.7 Å². The lowest BCUT2D eigenvalue weighted by atomic mass is 9.87. The molecule has 1 saturated carbocycles. The molecule has 0 amide bonds. The normalized spacial score (nSPS) is 23.8. The average molecular weight is 222 g/mol. The van der Waals surface area contributed by atoms with Crippen LogP contribution in [0.5, 0.6) is 0 Å². The second-order valence-electron chi connectivity index (χ2n) is 5.35. The number of aromatic nitrogens is 3. The highest BCUT2D eigenvalue weighted by molar-refractivity contribution is 4.93. The molecule has 0 radical (unpaired) electrons. The first-order valence-corrected chi connectivity index (χ1v) is 6.23. The van der Waals surface area contributed by atoms with E-state index in [1.807, 2.05) is 0 Å². The highest BCUT2D eigenvalue weighted by atomic mass is 15.3. The SMILES string of the molecule is CCn1cnnc1CNC1CCCC1(C)C. The van der Waals surface area contributed by atoms with Crippen LogP contribution in [0.3, 0.4) is 0 Å². The number of hydrogen-bond donors (Lipinski definition) is 1. The van der Waals surface area contributed by atoms with Crippen molar-refractivity contribution in [1.29, 1.82) is 0 Å². The Kier molecular flexibility index (Phi) is 3.28. The van der Waals surface area contributed by atoms with Crippen LogP contribution in [0.15, 0.2) is 6.33 Å². The van der Waals surface area contributed by atoms with E-state index in [9.17, 15) is 0 Å². The monoisotopic (exact) mass is 222 g/mol. The van der Waals surface area contributed by atoms with Gasteiger partial charge in [0, 0.05) is 12.6 Å². The lowest BCUT2D eigenvalue weighted by Gasteiger charge is -2.27. The van der Waals surface area contributed by atoms with Crippen molar-refractivity contribution in [2.45, 2.75) is 59.2 Å². The van der Waals surface area contributed by atoms with Gasteiger partial charge in [-0.05, 0) is 25.2 Å². The van der Waals surface area contributed by atoms with Crippen LogP contribution in [0.4, 0.5) is 0 Å². The van der Waals surface area contributed by atoms with Crippen molar-refractivity contribution in [2.75, 3.05) is 0 Å². The molecular weight excluding hydrogens is 200 g/mol. The Morgan fingerprint density at radius 3 is 3.00 bits per heavy atom. The van der Waals surface area contributed by atoms with Gasteiger partial charge in [-0.15, -0.1) is 10.2 Å². The first-order valence-electron chi connectivity index (χ1n) is 6.23. The van der Waals surface area contributed by atoms with Gasteiger partial charge >= 0.3 is 0 Å². The summed E-state index contributed by atoms with van der Waals surface area (Å²) in [5.74, 6) is 1.05. The number of hydrogen-bond acceptors (Lipinski definition) is 3. The Bertz CT molecular complexity index is 343. The van der Waals surface area contributed by atoms with E-state index in [-0.39, 0.29) is 0 Å². The van der Waals surface area contributed by atoms with E-state index in [0.29, 0.717) is 11.5 Å². The van der Waals surface area contributed by atoms with Crippen molar-refractivity contribution in [3.05, 3.63) is 12.2 Å². The molecule has 1 aliphatic carbocycles. The van der Waals surface area contributed by atoms with Gasteiger partial charge < -0.3 is 9.88 Å². The molecule has 0 aromatic carbocycles. The van der Waals surface area contributed by atoms with Crippen LogP contribution in [0, 0.1) is 5.41 Å². The lowest BCUT2D eigenvalue weighted by Crippen LogP contribution is -2.37. The molecule has 1 aliphatic rings. The molecule has 1 heterocycles. The van der Waals surface area contributed by atoms with Crippen LogP contribution >= 0.6 is 0 Å². The van der Waals surface area contributed by atoms with Crippen LogP contribution < -0.4 is 5.32 Å². The summed E-state index contributed by atoms with van der Waals surface area (Å²) in [6.45, 7) is 8.59. The number of rotatable bonds is 4. The highest BCUT2D eigenvalue weighted by Gasteiger charge is 2.33. The predicted octanol–water partition coefficient (Wildman–Crippen LogP) is 1.97.